The summed E-state index contributed by atoms with van der Waals surface area (Å²) in [5, 5.41) is 0. The fourth-order valence-electron chi connectivity index (χ4n) is 3.65. The number of allylic oxidation sites excluding steroid dienone is 1. The maximum atomic E-state index is 6.09. The van der Waals surface area contributed by atoms with Crippen LogP contribution >= 0.6 is 0 Å². The Morgan fingerprint density at radius 3 is 2.40 bits per heavy atom. The molecule has 3 aromatic rings. The lowest BCUT2D eigenvalue weighted by Gasteiger charge is -2.19. The third-order valence-electron chi connectivity index (χ3n) is 5.47. The third kappa shape index (κ3) is 4.88. The highest BCUT2D eigenvalue weighted by Gasteiger charge is 2.14. The number of benzene rings is 3. The summed E-state index contributed by atoms with van der Waals surface area (Å²) in [5.74, 6) is 0.918. The van der Waals surface area contributed by atoms with Crippen molar-refractivity contribution in [2.75, 3.05) is 6.54 Å². The van der Waals surface area contributed by atoms with Crippen molar-refractivity contribution in [3.05, 3.63) is 107 Å². The van der Waals surface area contributed by atoms with Crippen LogP contribution in [0.5, 0.6) is 5.75 Å². The first kappa shape index (κ1) is 20.2. The molecule has 2 heteroatoms. The fraction of sp³-hybridized carbons (Fsp3) is 0.250. The molecule has 152 valence electrons. The number of aliphatic imine (C=N–C) groups is 1. The van der Waals surface area contributed by atoms with Gasteiger partial charge in [-0.25, -0.2) is 0 Å². The van der Waals surface area contributed by atoms with Gasteiger partial charge in [-0.05, 0) is 58.4 Å². The SMILES string of the molecule is CC(C)(C)c1ccc(COc2ccc3c(c2)CCN=C3/C=C/c2ccccc2)cc1. The third-order valence-corrected chi connectivity index (χ3v) is 5.47. The first-order valence-corrected chi connectivity index (χ1v) is 10.6. The summed E-state index contributed by atoms with van der Waals surface area (Å²) in [4.78, 5) is 4.73. The van der Waals surface area contributed by atoms with Crippen molar-refractivity contribution in [1.29, 1.82) is 0 Å². The molecule has 3 aromatic carbocycles. The van der Waals surface area contributed by atoms with Crippen LogP contribution in [0.3, 0.4) is 0 Å². The number of rotatable bonds is 5. The lowest BCUT2D eigenvalue weighted by Crippen LogP contribution is -2.11. The fourth-order valence-corrected chi connectivity index (χ4v) is 3.65. The van der Waals surface area contributed by atoms with Gasteiger partial charge in [0.05, 0.1) is 5.71 Å². The molecule has 0 amide bonds. The van der Waals surface area contributed by atoms with Crippen molar-refractivity contribution >= 4 is 11.8 Å². The maximum absolute atomic E-state index is 6.09. The van der Waals surface area contributed by atoms with Crippen LogP contribution in [0.2, 0.25) is 0 Å². The van der Waals surface area contributed by atoms with Crippen molar-refractivity contribution in [1.82, 2.24) is 0 Å². The Bertz CT molecular complexity index is 1050. The quantitative estimate of drug-likeness (QED) is 0.475. The predicted octanol–water partition coefficient (Wildman–Crippen LogP) is 6.62. The van der Waals surface area contributed by atoms with Crippen LogP contribution in [0.25, 0.3) is 6.08 Å². The van der Waals surface area contributed by atoms with Crippen LogP contribution in [0, 0.1) is 0 Å². The van der Waals surface area contributed by atoms with Crippen molar-refractivity contribution in [2.24, 2.45) is 4.99 Å². The minimum absolute atomic E-state index is 0.173. The van der Waals surface area contributed by atoms with Gasteiger partial charge in [-0.3, -0.25) is 4.99 Å². The summed E-state index contributed by atoms with van der Waals surface area (Å²) in [5.41, 5.74) is 7.44. The summed E-state index contributed by atoms with van der Waals surface area (Å²) in [7, 11) is 0. The molecular weight excluding hydrogens is 366 g/mol. The zero-order valence-electron chi connectivity index (χ0n) is 18.1. The highest BCUT2D eigenvalue weighted by Crippen LogP contribution is 2.25. The zero-order chi connectivity index (χ0) is 21.0. The van der Waals surface area contributed by atoms with Gasteiger partial charge in [0.1, 0.15) is 12.4 Å². The first-order valence-electron chi connectivity index (χ1n) is 10.6. The number of nitrogens with zero attached hydrogens (tertiary/aromatic N) is 1. The van der Waals surface area contributed by atoms with Gasteiger partial charge < -0.3 is 4.74 Å². The molecule has 4 rings (SSSR count). The van der Waals surface area contributed by atoms with Gasteiger partial charge in [0.25, 0.3) is 0 Å². The van der Waals surface area contributed by atoms with Gasteiger partial charge in [0, 0.05) is 12.1 Å². The Labute approximate surface area is 180 Å². The normalized spacial score (nSPS) is 13.8. The van der Waals surface area contributed by atoms with E-state index < -0.39 is 0 Å². The summed E-state index contributed by atoms with van der Waals surface area (Å²) in [6.45, 7) is 8.10. The van der Waals surface area contributed by atoms with Crippen molar-refractivity contribution in [3.8, 4) is 5.75 Å². The largest absolute Gasteiger partial charge is 0.489 e. The molecule has 0 atom stereocenters. The number of hydrogen-bond acceptors (Lipinski definition) is 2. The Balaban J connectivity index is 1.44. The molecule has 0 radical (unpaired) electrons. The Kier molecular flexibility index (Phi) is 5.85. The molecule has 1 heterocycles. The molecule has 0 aromatic heterocycles. The molecule has 1 aliphatic rings. The summed E-state index contributed by atoms with van der Waals surface area (Å²) >= 11 is 0. The first-order chi connectivity index (χ1) is 14.5. The molecule has 0 saturated carbocycles. The van der Waals surface area contributed by atoms with E-state index in [0.717, 1.165) is 24.4 Å². The second kappa shape index (κ2) is 8.71. The van der Waals surface area contributed by atoms with E-state index in [1.807, 2.05) is 6.07 Å². The molecule has 0 fully saturated rings. The van der Waals surface area contributed by atoms with E-state index in [4.69, 9.17) is 9.73 Å². The van der Waals surface area contributed by atoms with E-state index in [-0.39, 0.29) is 5.41 Å². The van der Waals surface area contributed by atoms with Crippen LogP contribution in [-0.4, -0.2) is 12.3 Å². The molecule has 0 unspecified atom stereocenters. The van der Waals surface area contributed by atoms with Crippen LogP contribution in [-0.2, 0) is 18.4 Å². The number of hydrogen-bond donors (Lipinski definition) is 0. The predicted molar refractivity (Wildman–Crippen MR) is 127 cm³/mol. The smallest absolute Gasteiger partial charge is 0.120 e. The van der Waals surface area contributed by atoms with E-state index >= 15 is 0 Å². The second-order valence-electron chi connectivity index (χ2n) is 8.82. The molecule has 0 saturated heterocycles. The Morgan fingerprint density at radius 2 is 1.67 bits per heavy atom. The topological polar surface area (TPSA) is 21.6 Å². The van der Waals surface area contributed by atoms with E-state index in [9.17, 15) is 0 Å². The van der Waals surface area contributed by atoms with Gasteiger partial charge in [-0.15, -0.1) is 0 Å². The summed E-state index contributed by atoms with van der Waals surface area (Å²) in [6, 6.07) is 25.4. The van der Waals surface area contributed by atoms with E-state index in [2.05, 4.69) is 99.7 Å². The minimum Gasteiger partial charge on any atom is -0.489 e. The van der Waals surface area contributed by atoms with Gasteiger partial charge in [0.2, 0.25) is 0 Å². The van der Waals surface area contributed by atoms with E-state index in [0.29, 0.717) is 6.61 Å². The van der Waals surface area contributed by atoms with Gasteiger partial charge in [-0.2, -0.15) is 0 Å². The zero-order valence-corrected chi connectivity index (χ0v) is 18.1. The molecular formula is C28H29NO. The van der Waals surface area contributed by atoms with Crippen molar-refractivity contribution < 1.29 is 4.74 Å². The molecule has 0 spiro atoms. The molecule has 2 nitrogen and oxygen atoms in total. The van der Waals surface area contributed by atoms with Crippen LogP contribution in [0.1, 0.15) is 48.6 Å². The Hall–Kier alpha value is -3.13. The monoisotopic (exact) mass is 395 g/mol. The van der Waals surface area contributed by atoms with Gasteiger partial charge in [0.15, 0.2) is 0 Å². The molecule has 0 aliphatic carbocycles. The van der Waals surface area contributed by atoms with E-state index in [1.165, 1.54) is 27.8 Å². The standard InChI is InChI=1S/C28H29NO/c1-28(2,3)24-12-9-22(10-13-24)20-30-25-14-15-26-23(19-25)17-18-29-27(26)16-11-21-7-5-4-6-8-21/h4-16,19H,17-18,20H2,1-3H3/b16-11+. The lowest BCUT2D eigenvalue weighted by atomic mass is 9.87. The second-order valence-corrected chi connectivity index (χ2v) is 8.82. The van der Waals surface area contributed by atoms with Crippen LogP contribution in [0.15, 0.2) is 83.9 Å². The highest BCUT2D eigenvalue weighted by atomic mass is 16.5. The molecule has 0 N–H and O–H groups in total. The maximum Gasteiger partial charge on any atom is 0.120 e. The average molecular weight is 396 g/mol. The van der Waals surface area contributed by atoms with E-state index in [1.54, 1.807) is 0 Å². The summed E-state index contributed by atoms with van der Waals surface area (Å²) in [6.07, 6.45) is 5.19. The highest BCUT2D eigenvalue weighted by molar-refractivity contribution is 6.12. The number of fused-ring (bicyclic) bond motifs is 1. The van der Waals surface area contributed by atoms with Crippen molar-refractivity contribution in [3.63, 3.8) is 0 Å². The van der Waals surface area contributed by atoms with Crippen LogP contribution < -0.4 is 4.74 Å². The average Bonchev–Trinajstić information content (AvgIpc) is 2.76. The minimum atomic E-state index is 0.173. The lowest BCUT2D eigenvalue weighted by molar-refractivity contribution is 0.306. The molecule has 0 bridgehead atoms. The molecule has 30 heavy (non-hydrogen) atoms. The molecule has 1 aliphatic heterocycles. The van der Waals surface area contributed by atoms with Crippen LogP contribution in [0.4, 0.5) is 0 Å². The van der Waals surface area contributed by atoms with Gasteiger partial charge in [-0.1, -0.05) is 81.4 Å². The Morgan fingerprint density at radius 1 is 0.900 bits per heavy atom. The number of ether oxygens (including phenoxy) is 1. The summed E-state index contributed by atoms with van der Waals surface area (Å²) < 4.78 is 6.09. The van der Waals surface area contributed by atoms with Gasteiger partial charge >= 0.3 is 0 Å². The van der Waals surface area contributed by atoms with Crippen molar-refractivity contribution in [2.45, 2.75) is 39.2 Å².